The molecule has 0 spiro atoms. The largest absolute Gasteiger partial charge is 0.495 e. The van der Waals surface area contributed by atoms with Crippen LogP contribution in [0.1, 0.15) is 40.1 Å². The van der Waals surface area contributed by atoms with Crippen LogP contribution in [0.3, 0.4) is 0 Å². The number of fused-ring (bicyclic) bond motifs is 1. The van der Waals surface area contributed by atoms with E-state index in [-0.39, 0.29) is 23.8 Å². The molecule has 1 aromatic heterocycles. The quantitative estimate of drug-likeness (QED) is 0.558. The van der Waals surface area contributed by atoms with E-state index in [0.29, 0.717) is 26.2 Å². The van der Waals surface area contributed by atoms with E-state index in [2.05, 4.69) is 15.3 Å². The van der Waals surface area contributed by atoms with Gasteiger partial charge >= 0.3 is 6.18 Å². The fourth-order valence-electron chi connectivity index (χ4n) is 4.90. The van der Waals surface area contributed by atoms with E-state index in [0.717, 1.165) is 27.2 Å². The number of hydrogen-bond acceptors (Lipinski definition) is 5. The lowest BCUT2D eigenvalue weighted by molar-refractivity contribution is -0.173. The van der Waals surface area contributed by atoms with Crippen LogP contribution in [0.15, 0.2) is 54.6 Å². The van der Waals surface area contributed by atoms with Crippen molar-refractivity contribution in [3.05, 3.63) is 71.4 Å². The summed E-state index contributed by atoms with van der Waals surface area (Å²) in [5.41, 5.74) is 2.76. The van der Waals surface area contributed by atoms with Gasteiger partial charge in [-0.25, -0.2) is 4.68 Å². The van der Waals surface area contributed by atoms with Crippen molar-refractivity contribution in [1.82, 2.24) is 14.7 Å². The number of ether oxygens (including phenoxy) is 1. The van der Waals surface area contributed by atoms with Crippen molar-refractivity contribution in [1.29, 1.82) is 0 Å². The maximum atomic E-state index is 14.0. The molecule has 190 valence electrons. The lowest BCUT2D eigenvalue weighted by atomic mass is 9.96. The maximum absolute atomic E-state index is 14.0. The first-order valence-electron chi connectivity index (χ1n) is 11.9. The van der Waals surface area contributed by atoms with E-state index >= 15 is 0 Å². The van der Waals surface area contributed by atoms with Crippen LogP contribution in [-0.2, 0) is 0 Å². The zero-order valence-electron chi connectivity index (χ0n) is 20.1. The highest BCUT2D eigenvalue weighted by molar-refractivity contribution is 5.93. The van der Waals surface area contributed by atoms with Crippen LogP contribution in [-0.4, -0.2) is 60.1 Å². The molecule has 36 heavy (non-hydrogen) atoms. The van der Waals surface area contributed by atoms with Gasteiger partial charge in [0.05, 0.1) is 18.8 Å². The summed E-state index contributed by atoms with van der Waals surface area (Å²) in [6.45, 7) is 3.96. The summed E-state index contributed by atoms with van der Waals surface area (Å²) in [4.78, 5) is 17.0. The molecule has 1 N–H and O–H groups in total. The number of aryl methyl sites for hydroxylation is 1. The summed E-state index contributed by atoms with van der Waals surface area (Å²) in [6.07, 6.45) is -4.70. The first kappa shape index (κ1) is 24.0. The normalized spacial score (nSPS) is 20.0. The Labute approximate surface area is 207 Å². The SMILES string of the molecule is COc1ccccc1N1CCN(C(=O)c2cc3n(n2)[C@@H](C(F)(F)F)C[C@@H](c2ccc(C)cc2)N3)CC1. The average molecular weight is 500 g/mol. The number of benzene rings is 2. The summed E-state index contributed by atoms with van der Waals surface area (Å²) >= 11 is 0. The predicted molar refractivity (Wildman–Crippen MR) is 131 cm³/mol. The minimum absolute atomic E-state index is 0.0158. The fraction of sp³-hybridized carbons (Fsp3) is 0.385. The molecule has 1 amide bonds. The standard InChI is InChI=1S/C26H28F3N5O2/c1-17-7-9-18(10-8-17)19-15-23(26(27,28)29)34-24(30-19)16-20(31-34)25(35)33-13-11-32(12-14-33)21-5-3-4-6-22(21)36-2/h3-10,16,19,23,30H,11-15H2,1-2H3/t19-,23+/m0/s1. The van der Waals surface area contributed by atoms with Crippen molar-refractivity contribution in [3.8, 4) is 5.75 Å². The second-order valence-electron chi connectivity index (χ2n) is 9.21. The van der Waals surface area contributed by atoms with Crippen LogP contribution in [0.5, 0.6) is 5.75 Å². The van der Waals surface area contributed by atoms with E-state index in [1.807, 2.05) is 55.5 Å². The first-order valence-corrected chi connectivity index (χ1v) is 11.9. The van der Waals surface area contributed by atoms with Gasteiger partial charge in [-0.05, 0) is 24.6 Å². The van der Waals surface area contributed by atoms with Crippen molar-refractivity contribution < 1.29 is 22.7 Å². The molecular weight excluding hydrogens is 471 g/mol. The minimum atomic E-state index is -4.49. The number of aromatic nitrogens is 2. The van der Waals surface area contributed by atoms with Gasteiger partial charge in [0.1, 0.15) is 11.6 Å². The Morgan fingerprint density at radius 1 is 1.06 bits per heavy atom. The molecular formula is C26H28F3N5O2. The van der Waals surface area contributed by atoms with Crippen molar-refractivity contribution in [2.24, 2.45) is 0 Å². The summed E-state index contributed by atoms with van der Waals surface area (Å²) in [5.74, 6) is 0.586. The third-order valence-electron chi connectivity index (χ3n) is 6.88. The lowest BCUT2D eigenvalue weighted by Crippen LogP contribution is -2.49. The second kappa shape index (κ2) is 9.40. The molecule has 1 saturated heterocycles. The molecule has 0 aliphatic carbocycles. The second-order valence-corrected chi connectivity index (χ2v) is 9.21. The highest BCUT2D eigenvalue weighted by Crippen LogP contribution is 2.43. The molecule has 3 heterocycles. The minimum Gasteiger partial charge on any atom is -0.495 e. The molecule has 5 rings (SSSR count). The van der Waals surface area contributed by atoms with Gasteiger partial charge < -0.3 is 19.9 Å². The topological polar surface area (TPSA) is 62.6 Å². The van der Waals surface area contributed by atoms with Crippen molar-refractivity contribution in [3.63, 3.8) is 0 Å². The zero-order chi connectivity index (χ0) is 25.4. The number of rotatable bonds is 4. The summed E-state index contributed by atoms with van der Waals surface area (Å²) in [6, 6.07) is 14.2. The van der Waals surface area contributed by atoms with Gasteiger partial charge in [-0.1, -0.05) is 42.0 Å². The van der Waals surface area contributed by atoms with Crippen molar-refractivity contribution in [2.45, 2.75) is 31.6 Å². The molecule has 7 nitrogen and oxygen atoms in total. The Kier molecular flexibility index (Phi) is 6.27. The lowest BCUT2D eigenvalue weighted by Gasteiger charge is -2.36. The first-order chi connectivity index (χ1) is 17.2. The Morgan fingerprint density at radius 2 is 1.75 bits per heavy atom. The van der Waals surface area contributed by atoms with Gasteiger partial charge in [0.25, 0.3) is 5.91 Å². The van der Waals surface area contributed by atoms with Crippen molar-refractivity contribution in [2.75, 3.05) is 43.5 Å². The molecule has 0 bridgehead atoms. The van der Waals surface area contributed by atoms with Gasteiger partial charge in [0.15, 0.2) is 11.7 Å². The Morgan fingerprint density at radius 3 is 2.42 bits per heavy atom. The molecule has 1 fully saturated rings. The summed E-state index contributed by atoms with van der Waals surface area (Å²) in [5, 5.41) is 7.29. The molecule has 2 aromatic carbocycles. The highest BCUT2D eigenvalue weighted by atomic mass is 19.4. The Bertz CT molecular complexity index is 1230. The number of piperazine rings is 1. The number of halogens is 3. The van der Waals surface area contributed by atoms with Crippen LogP contribution in [0.25, 0.3) is 0 Å². The van der Waals surface area contributed by atoms with Gasteiger partial charge in [-0.2, -0.15) is 18.3 Å². The highest BCUT2D eigenvalue weighted by Gasteiger charge is 2.47. The number of anilines is 2. The number of nitrogens with zero attached hydrogens (tertiary/aromatic N) is 4. The van der Waals surface area contributed by atoms with E-state index in [9.17, 15) is 18.0 Å². The fourth-order valence-corrected chi connectivity index (χ4v) is 4.90. The smallest absolute Gasteiger partial charge is 0.410 e. The third kappa shape index (κ3) is 4.59. The van der Waals surface area contributed by atoms with Crippen LogP contribution >= 0.6 is 0 Å². The van der Waals surface area contributed by atoms with Gasteiger partial charge in [0, 0.05) is 38.7 Å². The summed E-state index contributed by atoms with van der Waals surface area (Å²) < 4.78 is 48.4. The monoisotopic (exact) mass is 499 g/mol. The molecule has 2 aliphatic rings. The number of carbonyl (C=O) groups excluding carboxylic acids is 1. The molecule has 0 saturated carbocycles. The maximum Gasteiger partial charge on any atom is 0.410 e. The number of carbonyl (C=O) groups is 1. The number of nitrogens with one attached hydrogen (secondary N) is 1. The van der Waals surface area contributed by atoms with Crippen LogP contribution in [0.2, 0.25) is 0 Å². The van der Waals surface area contributed by atoms with Gasteiger partial charge in [-0.15, -0.1) is 0 Å². The van der Waals surface area contributed by atoms with Crippen LogP contribution in [0, 0.1) is 6.92 Å². The predicted octanol–water partition coefficient (Wildman–Crippen LogP) is 4.82. The van der Waals surface area contributed by atoms with Gasteiger partial charge in [-0.3, -0.25) is 4.79 Å². The van der Waals surface area contributed by atoms with E-state index < -0.39 is 18.3 Å². The molecule has 2 aliphatic heterocycles. The van der Waals surface area contributed by atoms with Crippen LogP contribution in [0.4, 0.5) is 24.7 Å². The number of hydrogen-bond donors (Lipinski definition) is 1. The molecule has 3 aromatic rings. The van der Waals surface area contributed by atoms with E-state index in [4.69, 9.17) is 4.74 Å². The molecule has 10 heteroatoms. The average Bonchev–Trinajstić information content (AvgIpc) is 3.32. The van der Waals surface area contributed by atoms with Crippen LogP contribution < -0.4 is 15.0 Å². The third-order valence-corrected chi connectivity index (χ3v) is 6.88. The molecule has 0 unspecified atom stereocenters. The number of methoxy groups -OCH3 is 1. The number of para-hydroxylation sites is 2. The van der Waals surface area contributed by atoms with E-state index in [1.165, 1.54) is 6.07 Å². The molecule has 0 radical (unpaired) electrons. The van der Waals surface area contributed by atoms with Crippen molar-refractivity contribution >= 4 is 17.4 Å². The number of amides is 1. The van der Waals surface area contributed by atoms with Gasteiger partial charge in [0.2, 0.25) is 0 Å². The number of alkyl halides is 3. The Balaban J connectivity index is 1.34. The zero-order valence-corrected chi connectivity index (χ0v) is 20.1. The molecule has 2 atom stereocenters. The Hall–Kier alpha value is -3.69. The summed E-state index contributed by atoms with van der Waals surface area (Å²) in [7, 11) is 1.62. The van der Waals surface area contributed by atoms with E-state index in [1.54, 1.807) is 12.0 Å².